The van der Waals surface area contributed by atoms with Gasteiger partial charge in [-0.1, -0.05) is 13.3 Å². The van der Waals surface area contributed by atoms with Crippen LogP contribution in [0.2, 0.25) is 0 Å². The van der Waals surface area contributed by atoms with E-state index in [1.165, 1.54) is 0 Å². The van der Waals surface area contributed by atoms with Crippen molar-refractivity contribution in [3.05, 3.63) is 0 Å². The smallest absolute Gasteiger partial charge is 0.246 e. The molecule has 0 bridgehead atoms. The van der Waals surface area contributed by atoms with Crippen LogP contribution in [0, 0.1) is 0 Å². The van der Waals surface area contributed by atoms with Gasteiger partial charge in [-0.2, -0.15) is 0 Å². The SMILES string of the molecule is CCCOCCOCC(=O)NCCOCCOCC(=O)NCCCCCC(C)=O. The van der Waals surface area contributed by atoms with Gasteiger partial charge in [-0.15, -0.1) is 0 Å². The number of nitrogens with one attached hydrogen (secondary N) is 2. The average Bonchev–Trinajstić information content (AvgIpc) is 2.69. The Bertz CT molecular complexity index is 433. The summed E-state index contributed by atoms with van der Waals surface area (Å²) in [6.45, 7) is 7.19. The Labute approximate surface area is 174 Å². The topological polar surface area (TPSA) is 112 Å². The first-order valence-electron chi connectivity index (χ1n) is 10.4. The van der Waals surface area contributed by atoms with Gasteiger partial charge in [-0.25, -0.2) is 0 Å². The fraction of sp³-hybridized carbons (Fsp3) is 0.850. The number of carbonyl (C=O) groups is 3. The Morgan fingerprint density at radius 3 is 1.79 bits per heavy atom. The lowest BCUT2D eigenvalue weighted by Gasteiger charge is -2.08. The van der Waals surface area contributed by atoms with Crippen LogP contribution in [-0.4, -0.2) is 83.5 Å². The van der Waals surface area contributed by atoms with Crippen molar-refractivity contribution in [1.29, 1.82) is 0 Å². The molecule has 2 N–H and O–H groups in total. The summed E-state index contributed by atoms with van der Waals surface area (Å²) in [4.78, 5) is 33.9. The van der Waals surface area contributed by atoms with Crippen molar-refractivity contribution in [3.8, 4) is 0 Å². The molecule has 0 aliphatic carbocycles. The Morgan fingerprint density at radius 2 is 1.21 bits per heavy atom. The van der Waals surface area contributed by atoms with Crippen molar-refractivity contribution < 1.29 is 33.3 Å². The van der Waals surface area contributed by atoms with E-state index < -0.39 is 0 Å². The quantitative estimate of drug-likeness (QED) is 0.266. The molecule has 0 rings (SSSR count). The first kappa shape index (κ1) is 27.5. The molecule has 0 radical (unpaired) electrons. The van der Waals surface area contributed by atoms with Gasteiger partial charge in [0.05, 0.1) is 33.0 Å². The number of unbranched alkanes of at least 4 members (excludes halogenated alkanes) is 2. The van der Waals surface area contributed by atoms with Crippen molar-refractivity contribution in [2.24, 2.45) is 0 Å². The zero-order valence-electron chi connectivity index (χ0n) is 18.0. The van der Waals surface area contributed by atoms with Crippen LogP contribution >= 0.6 is 0 Å². The maximum atomic E-state index is 11.6. The molecule has 0 spiro atoms. The van der Waals surface area contributed by atoms with E-state index in [1.807, 2.05) is 6.92 Å². The van der Waals surface area contributed by atoms with E-state index in [2.05, 4.69) is 10.6 Å². The molecule has 0 saturated heterocycles. The highest BCUT2D eigenvalue weighted by atomic mass is 16.5. The summed E-state index contributed by atoms with van der Waals surface area (Å²) in [6.07, 6.45) is 4.20. The molecule has 0 unspecified atom stereocenters. The predicted octanol–water partition coefficient (Wildman–Crippen LogP) is 0.845. The molecular formula is C20H38N2O7. The van der Waals surface area contributed by atoms with Crippen LogP contribution in [0.25, 0.3) is 0 Å². The van der Waals surface area contributed by atoms with Gasteiger partial charge in [-0.3, -0.25) is 9.59 Å². The highest BCUT2D eigenvalue weighted by Gasteiger charge is 2.02. The van der Waals surface area contributed by atoms with Gasteiger partial charge in [0.1, 0.15) is 19.0 Å². The molecule has 0 aromatic carbocycles. The van der Waals surface area contributed by atoms with Gasteiger partial charge in [0.15, 0.2) is 0 Å². The minimum absolute atomic E-state index is 0.00440. The molecular weight excluding hydrogens is 380 g/mol. The average molecular weight is 419 g/mol. The third-order valence-electron chi connectivity index (χ3n) is 3.66. The number of hydrogen-bond acceptors (Lipinski definition) is 7. The summed E-state index contributed by atoms with van der Waals surface area (Å²) in [7, 11) is 0. The van der Waals surface area contributed by atoms with E-state index in [1.54, 1.807) is 6.92 Å². The Balaban J connectivity index is 3.28. The van der Waals surface area contributed by atoms with Crippen LogP contribution in [0.5, 0.6) is 0 Å². The Hall–Kier alpha value is -1.55. The standard InChI is InChI=1S/C20H38N2O7/c1-3-10-26-12-14-28-17-20(25)22-9-11-27-13-15-29-16-19(24)21-8-6-4-5-7-18(2)23/h3-17H2,1-2H3,(H,21,24)(H,22,25). The molecule has 0 aliphatic heterocycles. The number of ketones is 1. The molecule has 0 aromatic heterocycles. The second-order valence-electron chi connectivity index (χ2n) is 6.54. The molecule has 9 heteroatoms. The predicted molar refractivity (Wildman–Crippen MR) is 109 cm³/mol. The Morgan fingerprint density at radius 1 is 0.655 bits per heavy atom. The summed E-state index contributed by atoms with van der Waals surface area (Å²) in [6, 6.07) is 0. The summed E-state index contributed by atoms with van der Waals surface area (Å²) in [5.41, 5.74) is 0. The molecule has 0 aliphatic rings. The lowest BCUT2D eigenvalue weighted by Crippen LogP contribution is -2.31. The minimum Gasteiger partial charge on any atom is -0.379 e. The lowest BCUT2D eigenvalue weighted by molar-refractivity contribution is -0.127. The summed E-state index contributed by atoms with van der Waals surface area (Å²) in [5, 5.41) is 5.45. The Kier molecular flexibility index (Phi) is 20.0. The summed E-state index contributed by atoms with van der Waals surface area (Å²) >= 11 is 0. The third-order valence-corrected chi connectivity index (χ3v) is 3.66. The molecule has 0 aromatic rings. The van der Waals surface area contributed by atoms with Crippen LogP contribution in [0.15, 0.2) is 0 Å². The van der Waals surface area contributed by atoms with E-state index in [9.17, 15) is 14.4 Å². The molecule has 29 heavy (non-hydrogen) atoms. The molecule has 0 atom stereocenters. The van der Waals surface area contributed by atoms with Gasteiger partial charge >= 0.3 is 0 Å². The molecule has 2 amide bonds. The van der Waals surface area contributed by atoms with Crippen LogP contribution < -0.4 is 10.6 Å². The van der Waals surface area contributed by atoms with E-state index in [0.29, 0.717) is 59.2 Å². The minimum atomic E-state index is -0.196. The second kappa shape index (κ2) is 21.2. The maximum Gasteiger partial charge on any atom is 0.246 e. The highest BCUT2D eigenvalue weighted by Crippen LogP contribution is 1.99. The second-order valence-corrected chi connectivity index (χ2v) is 6.54. The van der Waals surface area contributed by atoms with E-state index in [-0.39, 0.29) is 30.8 Å². The van der Waals surface area contributed by atoms with Gasteiger partial charge < -0.3 is 34.4 Å². The van der Waals surface area contributed by atoms with Gasteiger partial charge in [0.2, 0.25) is 11.8 Å². The van der Waals surface area contributed by atoms with Crippen molar-refractivity contribution in [2.45, 2.75) is 46.0 Å². The first-order valence-corrected chi connectivity index (χ1v) is 10.4. The molecule has 170 valence electrons. The lowest BCUT2D eigenvalue weighted by atomic mass is 10.1. The first-order chi connectivity index (χ1) is 14.1. The number of rotatable bonds is 21. The van der Waals surface area contributed by atoms with Crippen molar-refractivity contribution in [3.63, 3.8) is 0 Å². The van der Waals surface area contributed by atoms with Crippen LogP contribution in [0.4, 0.5) is 0 Å². The number of amides is 2. The van der Waals surface area contributed by atoms with Crippen molar-refractivity contribution >= 4 is 17.6 Å². The third kappa shape index (κ3) is 22.6. The highest BCUT2D eigenvalue weighted by molar-refractivity contribution is 5.77. The number of carbonyl (C=O) groups excluding carboxylic acids is 3. The van der Waals surface area contributed by atoms with Gasteiger partial charge in [0, 0.05) is 26.1 Å². The fourth-order valence-corrected chi connectivity index (χ4v) is 2.18. The van der Waals surface area contributed by atoms with Crippen LogP contribution in [-0.2, 0) is 33.3 Å². The van der Waals surface area contributed by atoms with Gasteiger partial charge in [0.25, 0.3) is 0 Å². The largest absolute Gasteiger partial charge is 0.379 e. The summed E-state index contributed by atoms with van der Waals surface area (Å²) < 4.78 is 21.0. The molecule has 0 heterocycles. The maximum absolute atomic E-state index is 11.6. The summed E-state index contributed by atoms with van der Waals surface area (Å²) in [5.74, 6) is -0.160. The molecule has 0 fully saturated rings. The number of Topliss-reactive ketones (excluding diaryl/α,β-unsaturated/α-hetero) is 1. The fourth-order valence-electron chi connectivity index (χ4n) is 2.18. The molecule has 0 saturated carbocycles. The van der Waals surface area contributed by atoms with E-state index in [0.717, 1.165) is 25.7 Å². The molecule has 9 nitrogen and oxygen atoms in total. The monoisotopic (exact) mass is 418 g/mol. The van der Waals surface area contributed by atoms with Crippen LogP contribution in [0.3, 0.4) is 0 Å². The zero-order valence-corrected chi connectivity index (χ0v) is 18.0. The van der Waals surface area contributed by atoms with Crippen molar-refractivity contribution in [1.82, 2.24) is 10.6 Å². The van der Waals surface area contributed by atoms with E-state index >= 15 is 0 Å². The van der Waals surface area contributed by atoms with Crippen LogP contribution in [0.1, 0.15) is 46.0 Å². The normalized spacial score (nSPS) is 10.7. The van der Waals surface area contributed by atoms with Gasteiger partial charge in [-0.05, 0) is 26.2 Å². The van der Waals surface area contributed by atoms with Crippen molar-refractivity contribution in [2.75, 3.05) is 65.9 Å². The number of ether oxygens (including phenoxy) is 4. The number of hydrogen-bond donors (Lipinski definition) is 2. The zero-order chi connectivity index (χ0) is 21.6. The van der Waals surface area contributed by atoms with E-state index in [4.69, 9.17) is 18.9 Å².